The maximum absolute atomic E-state index is 14.2. The van der Waals surface area contributed by atoms with Crippen LogP contribution in [0.3, 0.4) is 0 Å². The fourth-order valence-corrected chi connectivity index (χ4v) is 2.61. The van der Waals surface area contributed by atoms with Gasteiger partial charge in [0.2, 0.25) is 0 Å². The minimum Gasteiger partial charge on any atom is -0.367 e. The molecule has 1 N–H and O–H groups in total. The van der Waals surface area contributed by atoms with Gasteiger partial charge in [0.05, 0.1) is 6.04 Å². The Kier molecular flexibility index (Phi) is 4.35. The average Bonchev–Trinajstić information content (AvgIpc) is 2.97. The van der Waals surface area contributed by atoms with E-state index in [1.54, 1.807) is 24.3 Å². The lowest BCUT2D eigenvalue weighted by Crippen LogP contribution is -2.28. The van der Waals surface area contributed by atoms with E-state index < -0.39 is 0 Å². The molecule has 3 aromatic rings. The number of fused-ring (bicyclic) bond motifs is 1. The fraction of sp³-hybridized carbons (Fsp3) is 0.286. The standard InChI is InChI=1S/C14H15ClFN7/c1-22(2)11(14-9(15)4-3-5-10(14)16)8-17-12-6-7-13-18-20-21-23(13)19-12/h3-7,11H,8H2,1-2H3,(H,17,19)/t11-/m0/s1. The van der Waals surface area contributed by atoms with Crippen molar-refractivity contribution in [3.63, 3.8) is 0 Å². The second kappa shape index (κ2) is 6.43. The van der Waals surface area contributed by atoms with Crippen LogP contribution in [0.1, 0.15) is 11.6 Å². The van der Waals surface area contributed by atoms with Crippen molar-refractivity contribution in [2.24, 2.45) is 0 Å². The first kappa shape index (κ1) is 15.6. The molecule has 0 aliphatic rings. The normalized spacial score (nSPS) is 12.7. The third-order valence-electron chi connectivity index (χ3n) is 3.50. The van der Waals surface area contributed by atoms with Crippen LogP contribution in [0.4, 0.5) is 10.2 Å². The Morgan fingerprint density at radius 1 is 1.30 bits per heavy atom. The molecule has 0 saturated heterocycles. The number of aromatic nitrogens is 5. The molecule has 1 aromatic carbocycles. The molecule has 9 heteroatoms. The number of anilines is 1. The molecule has 0 aliphatic heterocycles. The molecule has 23 heavy (non-hydrogen) atoms. The number of hydrogen-bond acceptors (Lipinski definition) is 6. The molecule has 0 radical (unpaired) electrons. The van der Waals surface area contributed by atoms with E-state index in [1.807, 2.05) is 19.0 Å². The Bertz CT molecular complexity index is 799. The van der Waals surface area contributed by atoms with Crippen LogP contribution in [0.5, 0.6) is 0 Å². The van der Waals surface area contributed by atoms with Gasteiger partial charge in [0.25, 0.3) is 0 Å². The number of nitrogens with zero attached hydrogens (tertiary/aromatic N) is 6. The van der Waals surface area contributed by atoms with Gasteiger partial charge in [-0.05, 0) is 48.8 Å². The highest BCUT2D eigenvalue weighted by Gasteiger charge is 2.21. The zero-order valence-corrected chi connectivity index (χ0v) is 13.4. The van der Waals surface area contributed by atoms with Crippen LogP contribution in [-0.4, -0.2) is 50.8 Å². The molecule has 0 spiro atoms. The molecule has 3 rings (SSSR count). The lowest BCUT2D eigenvalue weighted by molar-refractivity contribution is 0.304. The first-order valence-electron chi connectivity index (χ1n) is 6.96. The Morgan fingerprint density at radius 2 is 2.13 bits per heavy atom. The molecule has 2 aromatic heterocycles. The van der Waals surface area contributed by atoms with Gasteiger partial charge >= 0.3 is 0 Å². The summed E-state index contributed by atoms with van der Waals surface area (Å²) < 4.78 is 15.5. The molecule has 0 bridgehead atoms. The molecule has 0 aliphatic carbocycles. The van der Waals surface area contributed by atoms with Crippen molar-refractivity contribution in [2.75, 3.05) is 26.0 Å². The molecule has 120 valence electrons. The number of tetrazole rings is 1. The second-order valence-electron chi connectivity index (χ2n) is 5.24. The third-order valence-corrected chi connectivity index (χ3v) is 3.83. The van der Waals surface area contributed by atoms with Crippen LogP contribution in [0.25, 0.3) is 5.65 Å². The van der Waals surface area contributed by atoms with Gasteiger partial charge in [-0.1, -0.05) is 17.7 Å². The Labute approximate surface area is 137 Å². The predicted octanol–water partition coefficient (Wildman–Crippen LogP) is 2.03. The molecule has 0 saturated carbocycles. The highest BCUT2D eigenvalue weighted by Crippen LogP contribution is 2.29. The molecule has 2 heterocycles. The van der Waals surface area contributed by atoms with Gasteiger partial charge in [-0.15, -0.1) is 14.8 Å². The minimum absolute atomic E-state index is 0.255. The zero-order valence-electron chi connectivity index (χ0n) is 12.6. The molecular formula is C14H15ClFN7. The summed E-state index contributed by atoms with van der Waals surface area (Å²) in [6.07, 6.45) is 0. The summed E-state index contributed by atoms with van der Waals surface area (Å²) in [4.78, 5) is 1.90. The third kappa shape index (κ3) is 3.22. The molecule has 1 atom stereocenters. The van der Waals surface area contributed by atoms with Crippen LogP contribution in [0.2, 0.25) is 5.02 Å². The van der Waals surface area contributed by atoms with Crippen LogP contribution in [0, 0.1) is 5.82 Å². The van der Waals surface area contributed by atoms with Gasteiger partial charge in [-0.25, -0.2) is 4.39 Å². The molecule has 7 nitrogen and oxygen atoms in total. The smallest absolute Gasteiger partial charge is 0.200 e. The molecule has 0 unspecified atom stereocenters. The highest BCUT2D eigenvalue weighted by molar-refractivity contribution is 6.31. The van der Waals surface area contributed by atoms with Crippen molar-refractivity contribution in [3.8, 4) is 0 Å². The quantitative estimate of drug-likeness (QED) is 0.769. The van der Waals surface area contributed by atoms with Crippen molar-refractivity contribution in [1.29, 1.82) is 0 Å². The summed E-state index contributed by atoms with van der Waals surface area (Å²) in [7, 11) is 3.74. The molecular weight excluding hydrogens is 321 g/mol. The maximum Gasteiger partial charge on any atom is 0.200 e. The van der Waals surface area contributed by atoms with Gasteiger partial charge < -0.3 is 10.2 Å². The summed E-state index contributed by atoms with van der Waals surface area (Å²) in [5, 5.41) is 18.9. The first-order valence-corrected chi connectivity index (χ1v) is 7.33. The fourth-order valence-electron chi connectivity index (χ4n) is 2.32. The highest BCUT2D eigenvalue weighted by atomic mass is 35.5. The number of likely N-dealkylation sites (N-methyl/N-ethyl adjacent to an activating group) is 1. The summed E-state index contributed by atoms with van der Waals surface area (Å²) >= 11 is 6.17. The van der Waals surface area contributed by atoms with E-state index in [4.69, 9.17) is 11.6 Å². The van der Waals surface area contributed by atoms with E-state index in [0.29, 0.717) is 28.6 Å². The van der Waals surface area contributed by atoms with E-state index in [2.05, 4.69) is 25.9 Å². The zero-order chi connectivity index (χ0) is 16.4. The number of halogens is 2. The lowest BCUT2D eigenvalue weighted by atomic mass is 10.1. The summed E-state index contributed by atoms with van der Waals surface area (Å²) in [6, 6.07) is 7.94. The number of rotatable bonds is 5. The topological polar surface area (TPSA) is 71.2 Å². The predicted molar refractivity (Wildman–Crippen MR) is 84.9 cm³/mol. The maximum atomic E-state index is 14.2. The Balaban J connectivity index is 1.82. The largest absolute Gasteiger partial charge is 0.367 e. The van der Waals surface area contributed by atoms with Crippen molar-refractivity contribution < 1.29 is 4.39 Å². The number of hydrogen-bond donors (Lipinski definition) is 1. The lowest BCUT2D eigenvalue weighted by Gasteiger charge is -2.26. The van der Waals surface area contributed by atoms with E-state index in [0.717, 1.165) is 0 Å². The van der Waals surface area contributed by atoms with Crippen LogP contribution in [-0.2, 0) is 0 Å². The second-order valence-corrected chi connectivity index (χ2v) is 5.65. The summed E-state index contributed by atoms with van der Waals surface area (Å²) in [5.41, 5.74) is 1.01. The van der Waals surface area contributed by atoms with Crippen LogP contribution in [0.15, 0.2) is 30.3 Å². The average molecular weight is 336 g/mol. The van der Waals surface area contributed by atoms with Crippen molar-refractivity contribution in [3.05, 3.63) is 46.7 Å². The van der Waals surface area contributed by atoms with Crippen molar-refractivity contribution >= 4 is 23.1 Å². The van der Waals surface area contributed by atoms with Crippen LogP contribution >= 0.6 is 11.6 Å². The van der Waals surface area contributed by atoms with E-state index in [1.165, 1.54) is 10.7 Å². The van der Waals surface area contributed by atoms with E-state index in [-0.39, 0.29) is 11.9 Å². The van der Waals surface area contributed by atoms with Gasteiger partial charge in [0.1, 0.15) is 11.6 Å². The van der Waals surface area contributed by atoms with E-state index in [9.17, 15) is 4.39 Å². The van der Waals surface area contributed by atoms with Gasteiger partial charge in [-0.2, -0.15) is 0 Å². The SMILES string of the molecule is CN(C)[C@@H](CNc1ccc2nnnn2n1)c1c(F)cccc1Cl. The van der Waals surface area contributed by atoms with Gasteiger partial charge in [-0.3, -0.25) is 0 Å². The Morgan fingerprint density at radius 3 is 2.87 bits per heavy atom. The Hall–Kier alpha value is -2.32. The first-order chi connectivity index (χ1) is 11.1. The number of nitrogens with one attached hydrogen (secondary N) is 1. The minimum atomic E-state index is -0.332. The molecule has 0 amide bonds. The van der Waals surface area contributed by atoms with Crippen molar-refractivity contribution in [2.45, 2.75) is 6.04 Å². The van der Waals surface area contributed by atoms with Gasteiger partial charge in [0, 0.05) is 17.1 Å². The molecule has 0 fully saturated rings. The van der Waals surface area contributed by atoms with E-state index >= 15 is 0 Å². The monoisotopic (exact) mass is 335 g/mol. The van der Waals surface area contributed by atoms with Gasteiger partial charge in [0.15, 0.2) is 5.65 Å². The summed E-state index contributed by atoms with van der Waals surface area (Å²) in [5.74, 6) is 0.256. The van der Waals surface area contributed by atoms with Crippen molar-refractivity contribution in [1.82, 2.24) is 30.2 Å². The number of benzene rings is 1. The van der Waals surface area contributed by atoms with Crippen LogP contribution < -0.4 is 5.32 Å². The summed E-state index contributed by atoms with van der Waals surface area (Å²) in [6.45, 7) is 0.425.